The van der Waals surface area contributed by atoms with E-state index >= 15 is 0 Å². The molecule has 1 aliphatic carbocycles. The van der Waals surface area contributed by atoms with Crippen LogP contribution in [0.4, 0.5) is 0 Å². The zero-order valence-electron chi connectivity index (χ0n) is 11.6. The molecule has 1 aromatic rings. The lowest BCUT2D eigenvalue weighted by molar-refractivity contribution is 0.413. The first-order valence-electron chi connectivity index (χ1n) is 6.56. The number of methoxy groups -OCH3 is 1. The third-order valence-electron chi connectivity index (χ3n) is 4.12. The van der Waals surface area contributed by atoms with Crippen LogP contribution in [-0.2, 0) is 9.84 Å². The van der Waals surface area contributed by atoms with Gasteiger partial charge in [-0.3, -0.25) is 0 Å². The number of hydrogen-bond acceptors (Lipinski definition) is 4. The molecule has 19 heavy (non-hydrogen) atoms. The minimum absolute atomic E-state index is 0.126. The second-order valence-corrected chi connectivity index (χ2v) is 7.26. The molecule has 2 rings (SSSR count). The Labute approximate surface area is 115 Å². The number of benzene rings is 1. The van der Waals surface area contributed by atoms with Gasteiger partial charge in [-0.05, 0) is 44.0 Å². The molecular weight excluding hydrogens is 262 g/mol. The predicted molar refractivity (Wildman–Crippen MR) is 75.2 cm³/mol. The van der Waals surface area contributed by atoms with Gasteiger partial charge in [0.05, 0.1) is 17.3 Å². The molecule has 106 valence electrons. The summed E-state index contributed by atoms with van der Waals surface area (Å²) in [7, 11) is 0.150. The standard InChI is InChI=1S/C14H21NO3S/c1-10-13(15-2)7-8-14(10)19(16,17)12-6-4-5-11(9-12)18-3/h4-6,9-10,13-15H,7-8H2,1-3H3. The molecule has 3 unspecified atom stereocenters. The van der Waals surface area contributed by atoms with Crippen LogP contribution in [0.25, 0.3) is 0 Å². The molecule has 1 fully saturated rings. The van der Waals surface area contributed by atoms with Gasteiger partial charge in [-0.1, -0.05) is 13.0 Å². The van der Waals surface area contributed by atoms with Gasteiger partial charge in [0, 0.05) is 6.04 Å². The predicted octanol–water partition coefficient (Wildman–Crippen LogP) is 1.86. The topological polar surface area (TPSA) is 55.4 Å². The number of hydrogen-bond donors (Lipinski definition) is 1. The van der Waals surface area contributed by atoms with Gasteiger partial charge in [0.15, 0.2) is 9.84 Å². The molecule has 1 N–H and O–H groups in total. The lowest BCUT2D eigenvalue weighted by Crippen LogP contribution is -2.34. The van der Waals surface area contributed by atoms with Gasteiger partial charge in [-0.25, -0.2) is 8.42 Å². The first-order valence-corrected chi connectivity index (χ1v) is 8.10. The summed E-state index contributed by atoms with van der Waals surface area (Å²) in [4.78, 5) is 0.362. The van der Waals surface area contributed by atoms with Crippen molar-refractivity contribution in [3.8, 4) is 5.75 Å². The molecular formula is C14H21NO3S. The minimum atomic E-state index is -3.28. The van der Waals surface area contributed by atoms with Crippen LogP contribution >= 0.6 is 0 Å². The van der Waals surface area contributed by atoms with E-state index in [-0.39, 0.29) is 17.2 Å². The maximum Gasteiger partial charge on any atom is 0.181 e. The lowest BCUT2D eigenvalue weighted by Gasteiger charge is -2.20. The maximum absolute atomic E-state index is 12.7. The van der Waals surface area contributed by atoms with Crippen molar-refractivity contribution in [1.82, 2.24) is 5.32 Å². The van der Waals surface area contributed by atoms with Crippen LogP contribution in [0.2, 0.25) is 0 Å². The van der Waals surface area contributed by atoms with E-state index < -0.39 is 9.84 Å². The molecule has 1 aliphatic rings. The second-order valence-electron chi connectivity index (χ2n) is 5.09. The van der Waals surface area contributed by atoms with Gasteiger partial charge in [-0.15, -0.1) is 0 Å². The van der Waals surface area contributed by atoms with Gasteiger partial charge in [-0.2, -0.15) is 0 Å². The van der Waals surface area contributed by atoms with Crippen molar-refractivity contribution >= 4 is 9.84 Å². The average molecular weight is 283 g/mol. The molecule has 0 bridgehead atoms. The molecule has 0 aromatic heterocycles. The van der Waals surface area contributed by atoms with Crippen molar-refractivity contribution in [3.63, 3.8) is 0 Å². The molecule has 0 radical (unpaired) electrons. The normalized spacial score (nSPS) is 27.4. The van der Waals surface area contributed by atoms with Crippen LogP contribution in [0.3, 0.4) is 0 Å². The van der Waals surface area contributed by atoms with Gasteiger partial charge in [0.2, 0.25) is 0 Å². The van der Waals surface area contributed by atoms with Gasteiger partial charge < -0.3 is 10.1 Å². The molecule has 5 heteroatoms. The summed E-state index contributed by atoms with van der Waals surface area (Å²) < 4.78 is 30.5. The Morgan fingerprint density at radius 2 is 2.05 bits per heavy atom. The van der Waals surface area contributed by atoms with E-state index in [0.29, 0.717) is 17.1 Å². The molecule has 0 spiro atoms. The molecule has 0 aliphatic heterocycles. The van der Waals surface area contributed by atoms with E-state index in [1.165, 1.54) is 0 Å². The fourth-order valence-corrected chi connectivity index (χ4v) is 5.03. The van der Waals surface area contributed by atoms with Gasteiger partial charge >= 0.3 is 0 Å². The van der Waals surface area contributed by atoms with E-state index in [1.807, 2.05) is 14.0 Å². The smallest absolute Gasteiger partial charge is 0.181 e. The SMILES string of the molecule is CNC1CCC(S(=O)(=O)c2cccc(OC)c2)C1C. The number of ether oxygens (including phenoxy) is 1. The Hall–Kier alpha value is -1.07. The van der Waals surface area contributed by atoms with Crippen molar-refractivity contribution in [2.24, 2.45) is 5.92 Å². The van der Waals surface area contributed by atoms with Crippen molar-refractivity contribution in [2.45, 2.75) is 36.0 Å². The molecule has 1 saturated carbocycles. The first kappa shape index (κ1) is 14.3. The van der Waals surface area contributed by atoms with Crippen molar-refractivity contribution < 1.29 is 13.2 Å². The second kappa shape index (κ2) is 5.51. The largest absolute Gasteiger partial charge is 0.497 e. The highest BCUT2D eigenvalue weighted by molar-refractivity contribution is 7.92. The highest BCUT2D eigenvalue weighted by atomic mass is 32.2. The first-order chi connectivity index (χ1) is 9.00. The molecule has 0 amide bonds. The Bertz CT molecular complexity index is 541. The molecule has 0 saturated heterocycles. The van der Waals surface area contributed by atoms with Crippen LogP contribution in [0.1, 0.15) is 19.8 Å². The third-order valence-corrected chi connectivity index (χ3v) is 6.50. The summed E-state index contributed by atoms with van der Waals surface area (Å²) in [5.41, 5.74) is 0. The molecule has 4 nitrogen and oxygen atoms in total. The number of rotatable bonds is 4. The van der Waals surface area contributed by atoms with Crippen molar-refractivity contribution in [1.29, 1.82) is 0 Å². The fourth-order valence-electron chi connectivity index (χ4n) is 2.93. The zero-order chi connectivity index (χ0) is 14.0. The highest BCUT2D eigenvalue weighted by Gasteiger charge is 2.40. The Balaban J connectivity index is 2.32. The number of nitrogens with one attached hydrogen (secondary N) is 1. The molecule has 3 atom stereocenters. The highest BCUT2D eigenvalue weighted by Crippen LogP contribution is 2.35. The van der Waals surface area contributed by atoms with E-state index in [1.54, 1.807) is 31.4 Å². The van der Waals surface area contributed by atoms with Crippen molar-refractivity contribution in [2.75, 3.05) is 14.2 Å². The summed E-state index contributed by atoms with van der Waals surface area (Å²) in [6.07, 6.45) is 1.62. The summed E-state index contributed by atoms with van der Waals surface area (Å²) in [6.45, 7) is 2.01. The summed E-state index contributed by atoms with van der Waals surface area (Å²) in [6, 6.07) is 7.02. The summed E-state index contributed by atoms with van der Waals surface area (Å²) in [5, 5.41) is 2.89. The zero-order valence-corrected chi connectivity index (χ0v) is 12.4. The van der Waals surface area contributed by atoms with Crippen LogP contribution in [-0.4, -0.2) is 33.9 Å². The van der Waals surface area contributed by atoms with Crippen LogP contribution < -0.4 is 10.1 Å². The fraction of sp³-hybridized carbons (Fsp3) is 0.571. The summed E-state index contributed by atoms with van der Waals surface area (Å²) in [5.74, 6) is 0.707. The van der Waals surface area contributed by atoms with Crippen LogP contribution in [0.15, 0.2) is 29.2 Å². The Morgan fingerprint density at radius 1 is 1.32 bits per heavy atom. The third kappa shape index (κ3) is 2.62. The molecule has 0 heterocycles. The quantitative estimate of drug-likeness (QED) is 0.916. The van der Waals surface area contributed by atoms with Crippen LogP contribution in [0, 0.1) is 5.92 Å². The number of sulfone groups is 1. The molecule has 1 aromatic carbocycles. The van der Waals surface area contributed by atoms with Gasteiger partial charge in [0.1, 0.15) is 5.75 Å². The van der Waals surface area contributed by atoms with E-state index in [9.17, 15) is 8.42 Å². The van der Waals surface area contributed by atoms with Crippen molar-refractivity contribution in [3.05, 3.63) is 24.3 Å². The van der Waals surface area contributed by atoms with E-state index in [0.717, 1.165) is 6.42 Å². The Morgan fingerprint density at radius 3 is 2.63 bits per heavy atom. The van der Waals surface area contributed by atoms with Gasteiger partial charge in [0.25, 0.3) is 0 Å². The van der Waals surface area contributed by atoms with Crippen LogP contribution in [0.5, 0.6) is 5.75 Å². The average Bonchev–Trinajstić information content (AvgIpc) is 2.80. The van der Waals surface area contributed by atoms with E-state index in [4.69, 9.17) is 4.74 Å². The maximum atomic E-state index is 12.7. The summed E-state index contributed by atoms with van der Waals surface area (Å²) >= 11 is 0. The lowest BCUT2D eigenvalue weighted by atomic mass is 10.1. The minimum Gasteiger partial charge on any atom is -0.497 e. The Kier molecular flexibility index (Phi) is 4.16. The van der Waals surface area contributed by atoms with E-state index in [2.05, 4.69) is 5.32 Å². The monoisotopic (exact) mass is 283 g/mol.